The van der Waals surface area contributed by atoms with Crippen molar-refractivity contribution in [3.63, 3.8) is 0 Å². The zero-order chi connectivity index (χ0) is 18.0. The summed E-state index contributed by atoms with van der Waals surface area (Å²) in [4.78, 5) is 14.2. The molecule has 0 aromatic heterocycles. The third kappa shape index (κ3) is 4.48. The van der Waals surface area contributed by atoms with Gasteiger partial charge in [-0.25, -0.2) is 4.79 Å². The lowest BCUT2D eigenvalue weighted by Crippen LogP contribution is -2.46. The zero-order valence-corrected chi connectivity index (χ0v) is 14.9. The minimum Gasteiger partial charge on any atom is -0.444 e. The van der Waals surface area contributed by atoms with Gasteiger partial charge in [0.05, 0.1) is 30.7 Å². The number of aryl methyl sites for hydroxylation is 1. The van der Waals surface area contributed by atoms with Crippen LogP contribution in [0.25, 0.3) is 0 Å². The van der Waals surface area contributed by atoms with Gasteiger partial charge in [0, 0.05) is 0 Å². The van der Waals surface area contributed by atoms with Crippen LogP contribution in [-0.4, -0.2) is 33.8 Å². The molecule has 1 fully saturated rings. The number of nitrogens with zero attached hydrogens (tertiary/aromatic N) is 2. The van der Waals surface area contributed by atoms with Crippen LogP contribution in [0.3, 0.4) is 0 Å². The minimum atomic E-state index is -0.811. The van der Waals surface area contributed by atoms with Crippen LogP contribution in [0.2, 0.25) is 0 Å². The number of amides is 1. The van der Waals surface area contributed by atoms with E-state index in [0.29, 0.717) is 0 Å². The number of rotatable bonds is 5. The monoisotopic (exact) mass is 330 g/mol. The van der Waals surface area contributed by atoms with Crippen LogP contribution in [0, 0.1) is 18.3 Å². The lowest BCUT2D eigenvalue weighted by atomic mass is 10.0. The summed E-state index contributed by atoms with van der Waals surface area (Å²) in [6.45, 7) is 7.51. The summed E-state index contributed by atoms with van der Waals surface area (Å²) in [7, 11) is 0. The Labute approximate surface area is 143 Å². The lowest BCUT2D eigenvalue weighted by molar-refractivity contribution is 0.000225. The van der Waals surface area contributed by atoms with Crippen molar-refractivity contribution >= 4 is 6.09 Å². The number of ether oxygens (including phenoxy) is 1. The van der Waals surface area contributed by atoms with E-state index in [1.807, 2.05) is 52.0 Å². The topological polar surface area (TPSA) is 73.6 Å². The third-order valence-electron chi connectivity index (χ3n) is 4.20. The van der Waals surface area contributed by atoms with Crippen molar-refractivity contribution in [2.24, 2.45) is 0 Å². The summed E-state index contributed by atoms with van der Waals surface area (Å²) in [5, 5.41) is 19.7. The second-order valence-corrected chi connectivity index (χ2v) is 7.58. The van der Waals surface area contributed by atoms with Gasteiger partial charge in [-0.1, -0.05) is 29.8 Å². The van der Waals surface area contributed by atoms with Crippen molar-refractivity contribution in [1.29, 1.82) is 5.26 Å². The number of aliphatic hydroxyl groups excluding tert-OH is 1. The summed E-state index contributed by atoms with van der Waals surface area (Å²) >= 11 is 0. The van der Waals surface area contributed by atoms with E-state index in [2.05, 4.69) is 6.07 Å². The largest absolute Gasteiger partial charge is 0.444 e. The predicted octanol–water partition coefficient (Wildman–Crippen LogP) is 3.71. The molecule has 2 rings (SSSR count). The summed E-state index contributed by atoms with van der Waals surface area (Å²) in [5.41, 5.74) is 0.693. The number of hydrogen-bond donors (Lipinski definition) is 1. The van der Waals surface area contributed by atoms with E-state index in [1.54, 1.807) is 4.90 Å². The first kappa shape index (κ1) is 18.3. The summed E-state index contributed by atoms with van der Waals surface area (Å²) in [6.07, 6.45) is 0.503. The normalized spacial score (nSPS) is 16.8. The van der Waals surface area contributed by atoms with Crippen molar-refractivity contribution in [3.8, 4) is 6.07 Å². The van der Waals surface area contributed by atoms with Crippen LogP contribution >= 0.6 is 0 Å². The summed E-state index contributed by atoms with van der Waals surface area (Å²) in [5.74, 6) is 0. The highest BCUT2D eigenvalue weighted by atomic mass is 16.6. The Balaban J connectivity index is 2.20. The van der Waals surface area contributed by atoms with Crippen LogP contribution in [0.4, 0.5) is 4.79 Å². The fourth-order valence-electron chi connectivity index (χ4n) is 2.77. The maximum Gasteiger partial charge on any atom is 0.410 e. The quantitative estimate of drug-likeness (QED) is 0.893. The van der Waals surface area contributed by atoms with Gasteiger partial charge in [-0.2, -0.15) is 5.26 Å². The molecule has 1 N–H and O–H groups in total. The standard InChI is InChI=1S/C19H26N2O3/c1-14-6-5-7-15(12-14)16(22)13-21(17(23)24-18(2,3)4)19(8-9-19)10-11-20/h5-7,12,16,22H,8-10,13H2,1-4H3. The van der Waals surface area contributed by atoms with Crippen molar-refractivity contribution in [1.82, 2.24) is 4.90 Å². The predicted molar refractivity (Wildman–Crippen MR) is 91.3 cm³/mol. The summed E-state index contributed by atoms with van der Waals surface area (Å²) < 4.78 is 5.50. The number of β-amino-alcohol motifs (C(OH)–C–C–N with tert-alkyl or cyclic N) is 1. The van der Waals surface area contributed by atoms with Crippen molar-refractivity contribution < 1.29 is 14.6 Å². The molecule has 5 heteroatoms. The Morgan fingerprint density at radius 1 is 1.46 bits per heavy atom. The molecule has 0 bridgehead atoms. The van der Waals surface area contributed by atoms with Gasteiger partial charge in [-0.15, -0.1) is 0 Å². The van der Waals surface area contributed by atoms with Gasteiger partial charge in [0.15, 0.2) is 0 Å². The Bertz CT molecular complexity index is 639. The van der Waals surface area contributed by atoms with Crippen LogP contribution < -0.4 is 0 Å². The average molecular weight is 330 g/mol. The van der Waals surface area contributed by atoms with Gasteiger partial charge in [-0.05, 0) is 46.1 Å². The molecule has 1 aliphatic carbocycles. The molecule has 0 heterocycles. The number of aliphatic hydroxyl groups is 1. The molecule has 0 radical (unpaired) electrons. The fraction of sp³-hybridized carbons (Fsp3) is 0.579. The molecule has 0 spiro atoms. The van der Waals surface area contributed by atoms with Gasteiger partial charge in [0.25, 0.3) is 0 Å². The molecule has 1 saturated carbocycles. The highest BCUT2D eigenvalue weighted by molar-refractivity contribution is 5.70. The van der Waals surface area contributed by atoms with E-state index < -0.39 is 23.3 Å². The Morgan fingerprint density at radius 3 is 2.62 bits per heavy atom. The van der Waals surface area contributed by atoms with E-state index in [1.165, 1.54) is 0 Å². The number of hydrogen-bond acceptors (Lipinski definition) is 4. The van der Waals surface area contributed by atoms with Crippen molar-refractivity contribution in [2.45, 2.75) is 64.2 Å². The highest BCUT2D eigenvalue weighted by Gasteiger charge is 2.51. The first-order valence-electron chi connectivity index (χ1n) is 8.29. The zero-order valence-electron chi connectivity index (χ0n) is 14.9. The maximum atomic E-state index is 12.6. The molecule has 0 aliphatic heterocycles. The Hall–Kier alpha value is -2.06. The van der Waals surface area contributed by atoms with Crippen LogP contribution in [0.15, 0.2) is 24.3 Å². The summed E-state index contributed by atoms with van der Waals surface area (Å²) in [6, 6.07) is 9.75. The van der Waals surface area contributed by atoms with E-state index in [9.17, 15) is 9.90 Å². The first-order chi connectivity index (χ1) is 11.2. The molecule has 0 saturated heterocycles. The number of carbonyl (C=O) groups is 1. The molecule has 1 atom stereocenters. The van der Waals surface area contributed by atoms with Crippen molar-refractivity contribution in [2.75, 3.05) is 6.54 Å². The second-order valence-electron chi connectivity index (χ2n) is 7.58. The minimum absolute atomic E-state index is 0.125. The third-order valence-corrected chi connectivity index (χ3v) is 4.20. The molecular weight excluding hydrogens is 304 g/mol. The van der Waals surface area contributed by atoms with Gasteiger partial charge >= 0.3 is 6.09 Å². The highest BCUT2D eigenvalue weighted by Crippen LogP contribution is 2.45. The molecule has 1 amide bonds. The SMILES string of the molecule is Cc1cccc(C(O)CN(C(=O)OC(C)(C)C)C2(CC#N)CC2)c1. The van der Waals surface area contributed by atoms with Crippen LogP contribution in [0.1, 0.15) is 57.3 Å². The number of benzene rings is 1. The Morgan fingerprint density at radius 2 is 2.12 bits per heavy atom. The maximum absolute atomic E-state index is 12.6. The van der Waals surface area contributed by atoms with E-state index in [-0.39, 0.29) is 13.0 Å². The average Bonchev–Trinajstić information content (AvgIpc) is 3.23. The van der Waals surface area contributed by atoms with E-state index in [0.717, 1.165) is 24.0 Å². The number of carbonyl (C=O) groups excluding carboxylic acids is 1. The first-order valence-corrected chi connectivity index (χ1v) is 8.29. The van der Waals surface area contributed by atoms with Crippen LogP contribution in [-0.2, 0) is 4.74 Å². The van der Waals surface area contributed by atoms with E-state index >= 15 is 0 Å². The molecule has 1 aromatic rings. The van der Waals surface area contributed by atoms with Crippen molar-refractivity contribution in [3.05, 3.63) is 35.4 Å². The Kier molecular flexibility index (Phi) is 5.19. The molecule has 5 nitrogen and oxygen atoms in total. The molecular formula is C19H26N2O3. The van der Waals surface area contributed by atoms with Gasteiger partial charge in [0.2, 0.25) is 0 Å². The van der Waals surface area contributed by atoms with Gasteiger partial charge < -0.3 is 9.84 Å². The molecule has 1 unspecified atom stereocenters. The van der Waals surface area contributed by atoms with E-state index in [4.69, 9.17) is 10.00 Å². The molecule has 1 aliphatic rings. The fourth-order valence-corrected chi connectivity index (χ4v) is 2.77. The van der Waals surface area contributed by atoms with Gasteiger partial charge in [0.1, 0.15) is 5.60 Å². The molecule has 1 aromatic carbocycles. The smallest absolute Gasteiger partial charge is 0.410 e. The van der Waals surface area contributed by atoms with Gasteiger partial charge in [-0.3, -0.25) is 4.90 Å². The molecule has 24 heavy (non-hydrogen) atoms. The second kappa shape index (κ2) is 6.82. The molecule has 130 valence electrons. The van der Waals surface area contributed by atoms with Crippen LogP contribution in [0.5, 0.6) is 0 Å². The number of nitriles is 1. The lowest BCUT2D eigenvalue weighted by Gasteiger charge is -2.34.